The monoisotopic (exact) mass is 692 g/mol. The van der Waals surface area contributed by atoms with Gasteiger partial charge in [0, 0.05) is 6.42 Å². The normalized spacial score (nSPS) is 13.0. The third-order valence-corrected chi connectivity index (χ3v) is 10.5. The van der Waals surface area contributed by atoms with Crippen LogP contribution in [0.2, 0.25) is 0 Å². The van der Waals surface area contributed by atoms with Crippen molar-refractivity contribution in [2.75, 3.05) is 6.61 Å². The fourth-order valence-corrected chi connectivity index (χ4v) is 7.06. The van der Waals surface area contributed by atoms with E-state index in [1.807, 2.05) is 6.08 Å². The Labute approximate surface area is 307 Å². The zero-order chi connectivity index (χ0) is 35.7. The highest BCUT2D eigenvalue weighted by molar-refractivity contribution is 5.76. The van der Waals surface area contributed by atoms with E-state index in [1.165, 1.54) is 205 Å². The Morgan fingerprint density at radius 3 is 1.06 bits per heavy atom. The van der Waals surface area contributed by atoms with Gasteiger partial charge in [0.25, 0.3) is 0 Å². The van der Waals surface area contributed by atoms with Crippen LogP contribution in [0.5, 0.6) is 0 Å². The maximum atomic E-state index is 12.3. The van der Waals surface area contributed by atoms with Crippen molar-refractivity contribution >= 4 is 5.91 Å². The molecule has 0 saturated heterocycles. The summed E-state index contributed by atoms with van der Waals surface area (Å²) in [4.78, 5) is 12.3. The third kappa shape index (κ3) is 38.2. The molecule has 0 aliphatic heterocycles. The lowest BCUT2D eigenvalue weighted by atomic mass is 10.0. The van der Waals surface area contributed by atoms with Crippen molar-refractivity contribution in [3.63, 3.8) is 0 Å². The van der Waals surface area contributed by atoms with Crippen LogP contribution in [0, 0.1) is 0 Å². The summed E-state index contributed by atoms with van der Waals surface area (Å²) in [6.45, 7) is 4.32. The number of amides is 1. The molecule has 4 heteroatoms. The van der Waals surface area contributed by atoms with Gasteiger partial charge in [-0.2, -0.15) is 0 Å². The predicted molar refractivity (Wildman–Crippen MR) is 216 cm³/mol. The summed E-state index contributed by atoms with van der Waals surface area (Å²) < 4.78 is 0. The van der Waals surface area contributed by atoms with E-state index in [0.29, 0.717) is 6.42 Å². The first-order valence-corrected chi connectivity index (χ1v) is 22.4. The summed E-state index contributed by atoms with van der Waals surface area (Å²) in [7, 11) is 0. The van der Waals surface area contributed by atoms with E-state index in [9.17, 15) is 15.0 Å². The van der Waals surface area contributed by atoms with Gasteiger partial charge >= 0.3 is 0 Å². The molecular weight excluding hydrogens is 602 g/mol. The number of hydrogen-bond donors (Lipinski definition) is 3. The smallest absolute Gasteiger partial charge is 0.220 e. The SMILES string of the molecule is CCCCCCCCCCCCCCCCCCCCCCCCC/C=C/C(O)C(CO)NC(=O)CCCCCCCCCCCCCC. The van der Waals surface area contributed by atoms with Crippen LogP contribution in [0.3, 0.4) is 0 Å². The lowest BCUT2D eigenvalue weighted by Gasteiger charge is -2.20. The molecule has 49 heavy (non-hydrogen) atoms. The van der Waals surface area contributed by atoms with E-state index in [-0.39, 0.29) is 12.5 Å². The fourth-order valence-electron chi connectivity index (χ4n) is 7.06. The quantitative estimate of drug-likeness (QED) is 0.0441. The number of aliphatic hydroxyl groups excluding tert-OH is 2. The minimum atomic E-state index is -0.833. The molecule has 0 radical (unpaired) electrons. The molecule has 0 heterocycles. The highest BCUT2D eigenvalue weighted by Gasteiger charge is 2.17. The van der Waals surface area contributed by atoms with Crippen molar-refractivity contribution in [3.05, 3.63) is 12.2 Å². The molecule has 0 aromatic heterocycles. The second-order valence-corrected chi connectivity index (χ2v) is 15.5. The third-order valence-electron chi connectivity index (χ3n) is 10.5. The average Bonchev–Trinajstić information content (AvgIpc) is 3.10. The molecule has 0 aliphatic carbocycles. The Balaban J connectivity index is 3.48. The topological polar surface area (TPSA) is 69.6 Å². The van der Waals surface area contributed by atoms with E-state index in [1.54, 1.807) is 6.08 Å². The molecule has 0 saturated carbocycles. The van der Waals surface area contributed by atoms with Crippen LogP contribution in [0.4, 0.5) is 0 Å². The summed E-state index contributed by atoms with van der Waals surface area (Å²) in [6, 6.07) is -0.615. The van der Waals surface area contributed by atoms with Crippen molar-refractivity contribution in [1.29, 1.82) is 0 Å². The Bertz CT molecular complexity index is 666. The maximum absolute atomic E-state index is 12.3. The van der Waals surface area contributed by atoms with E-state index in [0.717, 1.165) is 25.7 Å². The van der Waals surface area contributed by atoms with Crippen molar-refractivity contribution in [1.82, 2.24) is 5.32 Å². The van der Waals surface area contributed by atoms with Gasteiger partial charge < -0.3 is 15.5 Å². The molecule has 2 unspecified atom stereocenters. The lowest BCUT2D eigenvalue weighted by Crippen LogP contribution is -2.45. The second-order valence-electron chi connectivity index (χ2n) is 15.5. The largest absolute Gasteiger partial charge is 0.394 e. The van der Waals surface area contributed by atoms with E-state index >= 15 is 0 Å². The maximum Gasteiger partial charge on any atom is 0.220 e. The number of hydrogen-bond acceptors (Lipinski definition) is 3. The number of allylic oxidation sites excluding steroid dienone is 1. The first kappa shape index (κ1) is 48.1. The molecule has 4 nitrogen and oxygen atoms in total. The second kappa shape index (κ2) is 41.5. The number of nitrogens with one attached hydrogen (secondary N) is 1. The van der Waals surface area contributed by atoms with Crippen LogP contribution in [0.1, 0.15) is 251 Å². The van der Waals surface area contributed by atoms with Gasteiger partial charge in [0.05, 0.1) is 18.8 Å². The number of aliphatic hydroxyl groups is 2. The lowest BCUT2D eigenvalue weighted by molar-refractivity contribution is -0.123. The predicted octanol–water partition coefficient (Wildman–Crippen LogP) is 13.9. The van der Waals surface area contributed by atoms with Gasteiger partial charge in [-0.25, -0.2) is 0 Å². The van der Waals surface area contributed by atoms with Crippen LogP contribution in [-0.2, 0) is 4.79 Å². The standard InChI is InChI=1S/C45H89NO3/c1-3-5-7-9-11-13-15-17-18-19-20-21-22-23-24-25-26-27-28-29-30-32-34-36-38-40-44(48)43(42-47)46-45(49)41-39-37-35-33-31-16-14-12-10-8-6-4-2/h38,40,43-44,47-48H,3-37,39,41-42H2,1-2H3,(H,46,49)/b40-38+. The van der Waals surface area contributed by atoms with E-state index in [2.05, 4.69) is 19.2 Å². The summed E-state index contributed by atoms with van der Waals surface area (Å²) in [5.41, 5.74) is 0. The van der Waals surface area contributed by atoms with Crippen molar-refractivity contribution in [3.8, 4) is 0 Å². The van der Waals surface area contributed by atoms with Crippen LogP contribution in [0.25, 0.3) is 0 Å². The molecule has 3 N–H and O–H groups in total. The molecular formula is C45H89NO3. The number of rotatable bonds is 41. The molecule has 0 spiro atoms. The van der Waals surface area contributed by atoms with Gasteiger partial charge in [-0.1, -0.05) is 238 Å². The Morgan fingerprint density at radius 2 is 0.755 bits per heavy atom. The number of carbonyl (C=O) groups is 1. The zero-order valence-electron chi connectivity index (χ0n) is 33.5. The average molecular weight is 692 g/mol. The summed E-state index contributed by atoms with van der Waals surface area (Å²) in [5, 5.41) is 23.0. The van der Waals surface area contributed by atoms with Crippen molar-refractivity contribution < 1.29 is 15.0 Å². The molecule has 0 aliphatic rings. The Kier molecular flexibility index (Phi) is 40.8. The Hall–Kier alpha value is -0.870. The molecule has 0 bridgehead atoms. The minimum Gasteiger partial charge on any atom is -0.394 e. The fraction of sp³-hybridized carbons (Fsp3) is 0.933. The first-order valence-electron chi connectivity index (χ1n) is 22.4. The van der Waals surface area contributed by atoms with E-state index in [4.69, 9.17) is 0 Å². The van der Waals surface area contributed by atoms with Gasteiger partial charge in [-0.15, -0.1) is 0 Å². The zero-order valence-corrected chi connectivity index (χ0v) is 33.5. The van der Waals surface area contributed by atoms with Crippen molar-refractivity contribution in [2.45, 2.75) is 264 Å². The molecule has 0 aromatic rings. The minimum absolute atomic E-state index is 0.0617. The van der Waals surface area contributed by atoms with Gasteiger partial charge in [0.15, 0.2) is 0 Å². The molecule has 292 valence electrons. The van der Waals surface area contributed by atoms with Crippen LogP contribution >= 0.6 is 0 Å². The molecule has 0 fully saturated rings. The van der Waals surface area contributed by atoms with Crippen LogP contribution < -0.4 is 5.32 Å². The molecule has 1 amide bonds. The first-order chi connectivity index (χ1) is 24.2. The summed E-state index contributed by atoms with van der Waals surface area (Å²) in [5.74, 6) is -0.0617. The van der Waals surface area contributed by atoms with E-state index < -0.39 is 12.1 Å². The van der Waals surface area contributed by atoms with Gasteiger partial charge in [0.2, 0.25) is 5.91 Å². The highest BCUT2D eigenvalue weighted by Crippen LogP contribution is 2.16. The summed E-state index contributed by atoms with van der Waals surface area (Å²) in [6.07, 6.45) is 51.9. The van der Waals surface area contributed by atoms with Crippen LogP contribution in [0.15, 0.2) is 12.2 Å². The van der Waals surface area contributed by atoms with Crippen molar-refractivity contribution in [2.24, 2.45) is 0 Å². The molecule has 2 atom stereocenters. The van der Waals surface area contributed by atoms with Crippen LogP contribution in [-0.4, -0.2) is 34.9 Å². The van der Waals surface area contributed by atoms with Gasteiger partial charge in [0.1, 0.15) is 0 Å². The summed E-state index contributed by atoms with van der Waals surface area (Å²) >= 11 is 0. The Morgan fingerprint density at radius 1 is 0.469 bits per heavy atom. The highest BCUT2D eigenvalue weighted by atomic mass is 16.3. The van der Waals surface area contributed by atoms with Gasteiger partial charge in [-0.3, -0.25) is 4.79 Å². The molecule has 0 aromatic carbocycles. The number of carbonyl (C=O) groups excluding carboxylic acids is 1. The number of unbranched alkanes of at least 4 members (excludes halogenated alkanes) is 34. The molecule has 0 rings (SSSR count). The van der Waals surface area contributed by atoms with Gasteiger partial charge in [-0.05, 0) is 19.3 Å².